The molecule has 0 nitrogen and oxygen atoms in total. The average molecular weight is 184 g/mol. The van der Waals surface area contributed by atoms with Crippen LogP contribution in [0.15, 0.2) is 49.1 Å². The smallest absolute Gasteiger partial charge is 0.0198 e. The maximum absolute atomic E-state index is 3.85. The van der Waals surface area contributed by atoms with Crippen LogP contribution in [0.1, 0.15) is 24.8 Å². The molecule has 1 atom stereocenters. The highest BCUT2D eigenvalue weighted by atomic mass is 14.2. The summed E-state index contributed by atoms with van der Waals surface area (Å²) in [7, 11) is 0. The summed E-state index contributed by atoms with van der Waals surface area (Å²) in [5.74, 6) is 0.697. The van der Waals surface area contributed by atoms with Crippen molar-refractivity contribution in [1.82, 2.24) is 0 Å². The summed E-state index contributed by atoms with van der Waals surface area (Å²) in [5.41, 5.74) is 2.89. The molecule has 0 aliphatic heterocycles. The van der Waals surface area contributed by atoms with Gasteiger partial charge in [0, 0.05) is 0 Å². The quantitative estimate of drug-likeness (QED) is 0.608. The van der Waals surface area contributed by atoms with Crippen LogP contribution in [0.4, 0.5) is 0 Å². The van der Waals surface area contributed by atoms with Gasteiger partial charge in [-0.15, -0.1) is 6.58 Å². The standard InChI is InChI=1S/C14H16/c1-2-12-8-10-14(11-9-12)13-6-4-3-5-7-13/h2-7,10,12H,1,8-9,11H2. The van der Waals surface area contributed by atoms with Crippen LogP contribution in [0.2, 0.25) is 0 Å². The molecule has 1 aromatic rings. The van der Waals surface area contributed by atoms with Gasteiger partial charge in [0.2, 0.25) is 0 Å². The Kier molecular flexibility index (Phi) is 2.83. The Morgan fingerprint density at radius 3 is 2.57 bits per heavy atom. The van der Waals surface area contributed by atoms with Gasteiger partial charge in [-0.1, -0.05) is 42.5 Å². The first-order valence-electron chi connectivity index (χ1n) is 5.27. The molecule has 0 saturated heterocycles. The van der Waals surface area contributed by atoms with Crippen molar-refractivity contribution in [1.29, 1.82) is 0 Å². The Bertz CT molecular complexity index is 332. The van der Waals surface area contributed by atoms with Crippen molar-refractivity contribution in [2.45, 2.75) is 19.3 Å². The van der Waals surface area contributed by atoms with Crippen LogP contribution < -0.4 is 0 Å². The predicted octanol–water partition coefficient (Wildman–Crippen LogP) is 4.06. The Labute approximate surface area is 86.0 Å². The maximum atomic E-state index is 3.85. The fourth-order valence-corrected chi connectivity index (χ4v) is 1.98. The van der Waals surface area contributed by atoms with Crippen LogP contribution in [0.5, 0.6) is 0 Å². The lowest BCUT2D eigenvalue weighted by Gasteiger charge is -2.18. The van der Waals surface area contributed by atoms with Gasteiger partial charge in [0.1, 0.15) is 0 Å². The van der Waals surface area contributed by atoms with Crippen LogP contribution in [0, 0.1) is 5.92 Å². The van der Waals surface area contributed by atoms with E-state index in [4.69, 9.17) is 0 Å². The third kappa shape index (κ3) is 1.95. The molecule has 14 heavy (non-hydrogen) atoms. The van der Waals surface area contributed by atoms with Gasteiger partial charge in [0.15, 0.2) is 0 Å². The van der Waals surface area contributed by atoms with Crippen LogP contribution in [0.25, 0.3) is 5.57 Å². The molecule has 0 heterocycles. The second-order valence-electron chi connectivity index (χ2n) is 3.87. The number of hydrogen-bond donors (Lipinski definition) is 0. The number of rotatable bonds is 2. The van der Waals surface area contributed by atoms with E-state index in [1.54, 1.807) is 0 Å². The maximum Gasteiger partial charge on any atom is -0.0198 e. The molecule has 1 aromatic carbocycles. The van der Waals surface area contributed by atoms with Crippen molar-refractivity contribution in [3.05, 3.63) is 54.6 Å². The van der Waals surface area contributed by atoms with Crippen molar-refractivity contribution < 1.29 is 0 Å². The molecular weight excluding hydrogens is 168 g/mol. The lowest BCUT2D eigenvalue weighted by molar-refractivity contribution is 0.593. The molecular formula is C14H16. The zero-order valence-corrected chi connectivity index (χ0v) is 8.45. The molecule has 1 aliphatic rings. The van der Waals surface area contributed by atoms with Crippen LogP contribution in [-0.2, 0) is 0 Å². The average Bonchev–Trinajstić information content (AvgIpc) is 2.30. The van der Waals surface area contributed by atoms with E-state index in [1.165, 1.54) is 24.0 Å². The summed E-state index contributed by atoms with van der Waals surface area (Å²) in [6.07, 6.45) is 8.06. The van der Waals surface area contributed by atoms with Crippen LogP contribution in [0.3, 0.4) is 0 Å². The highest BCUT2D eigenvalue weighted by molar-refractivity contribution is 5.66. The van der Waals surface area contributed by atoms with Gasteiger partial charge in [0.25, 0.3) is 0 Å². The van der Waals surface area contributed by atoms with Gasteiger partial charge >= 0.3 is 0 Å². The molecule has 2 rings (SSSR count). The number of allylic oxidation sites excluding steroid dienone is 3. The molecule has 0 bridgehead atoms. The summed E-state index contributed by atoms with van der Waals surface area (Å²) in [5, 5.41) is 0. The summed E-state index contributed by atoms with van der Waals surface area (Å²) in [4.78, 5) is 0. The fourth-order valence-electron chi connectivity index (χ4n) is 1.98. The summed E-state index contributed by atoms with van der Waals surface area (Å²) in [6.45, 7) is 3.85. The van der Waals surface area contributed by atoms with E-state index in [1.807, 2.05) is 0 Å². The number of hydrogen-bond acceptors (Lipinski definition) is 0. The van der Waals surface area contributed by atoms with Crippen LogP contribution in [-0.4, -0.2) is 0 Å². The highest BCUT2D eigenvalue weighted by Crippen LogP contribution is 2.30. The van der Waals surface area contributed by atoms with Gasteiger partial charge < -0.3 is 0 Å². The first kappa shape index (κ1) is 9.26. The molecule has 0 amide bonds. The lowest BCUT2D eigenvalue weighted by atomic mass is 9.87. The first-order valence-corrected chi connectivity index (χ1v) is 5.27. The van der Waals surface area contributed by atoms with Crippen molar-refractivity contribution in [2.24, 2.45) is 5.92 Å². The third-order valence-electron chi connectivity index (χ3n) is 2.93. The van der Waals surface area contributed by atoms with Gasteiger partial charge in [-0.25, -0.2) is 0 Å². The summed E-state index contributed by atoms with van der Waals surface area (Å²) < 4.78 is 0. The van der Waals surface area contributed by atoms with Crippen LogP contribution >= 0.6 is 0 Å². The molecule has 0 spiro atoms. The van der Waals surface area contributed by atoms with E-state index in [0.29, 0.717) is 5.92 Å². The minimum atomic E-state index is 0.697. The molecule has 0 aromatic heterocycles. The normalized spacial score (nSPS) is 21.4. The van der Waals surface area contributed by atoms with E-state index >= 15 is 0 Å². The minimum Gasteiger partial charge on any atom is -0.103 e. The third-order valence-corrected chi connectivity index (χ3v) is 2.93. The molecule has 72 valence electrons. The van der Waals surface area contributed by atoms with E-state index in [9.17, 15) is 0 Å². The largest absolute Gasteiger partial charge is 0.103 e. The lowest BCUT2D eigenvalue weighted by Crippen LogP contribution is -2.01. The monoisotopic (exact) mass is 184 g/mol. The predicted molar refractivity (Wildman–Crippen MR) is 62.0 cm³/mol. The van der Waals surface area contributed by atoms with Gasteiger partial charge in [-0.2, -0.15) is 0 Å². The Morgan fingerprint density at radius 2 is 2.00 bits per heavy atom. The Balaban J connectivity index is 2.14. The summed E-state index contributed by atoms with van der Waals surface area (Å²) in [6, 6.07) is 10.7. The van der Waals surface area contributed by atoms with E-state index in [-0.39, 0.29) is 0 Å². The summed E-state index contributed by atoms with van der Waals surface area (Å²) >= 11 is 0. The minimum absolute atomic E-state index is 0.697. The molecule has 0 N–H and O–H groups in total. The molecule has 1 unspecified atom stereocenters. The van der Waals surface area contributed by atoms with E-state index in [2.05, 4.69) is 49.1 Å². The molecule has 1 aliphatic carbocycles. The van der Waals surface area contributed by atoms with Crippen molar-refractivity contribution in [2.75, 3.05) is 0 Å². The van der Waals surface area contributed by atoms with Crippen molar-refractivity contribution in [3.63, 3.8) is 0 Å². The zero-order valence-electron chi connectivity index (χ0n) is 8.45. The van der Waals surface area contributed by atoms with Crippen molar-refractivity contribution in [3.8, 4) is 0 Å². The molecule has 0 heteroatoms. The Hall–Kier alpha value is -1.30. The highest BCUT2D eigenvalue weighted by Gasteiger charge is 2.11. The van der Waals surface area contributed by atoms with Gasteiger partial charge in [-0.05, 0) is 36.3 Å². The van der Waals surface area contributed by atoms with E-state index < -0.39 is 0 Å². The second-order valence-corrected chi connectivity index (χ2v) is 3.87. The van der Waals surface area contributed by atoms with E-state index in [0.717, 1.165) is 6.42 Å². The topological polar surface area (TPSA) is 0 Å². The van der Waals surface area contributed by atoms with Gasteiger partial charge in [0.05, 0.1) is 0 Å². The SMILES string of the molecule is C=CC1CC=C(c2ccccc2)CC1. The molecule has 0 radical (unpaired) electrons. The molecule has 0 fully saturated rings. The molecule has 0 saturated carbocycles. The fraction of sp³-hybridized carbons (Fsp3) is 0.286. The first-order chi connectivity index (χ1) is 6.90. The zero-order chi connectivity index (χ0) is 9.80. The number of benzene rings is 1. The Morgan fingerprint density at radius 1 is 1.21 bits per heavy atom. The van der Waals surface area contributed by atoms with Crippen molar-refractivity contribution >= 4 is 5.57 Å². The second kappa shape index (κ2) is 4.28. The van der Waals surface area contributed by atoms with Gasteiger partial charge in [-0.3, -0.25) is 0 Å².